The molecule has 1 saturated heterocycles. The van der Waals surface area contributed by atoms with E-state index in [1.165, 1.54) is 16.7 Å². The normalized spacial score (nSPS) is 14.0. The number of aromatic nitrogens is 2. The van der Waals surface area contributed by atoms with Crippen molar-refractivity contribution in [1.82, 2.24) is 9.97 Å². The van der Waals surface area contributed by atoms with Crippen LogP contribution in [0.1, 0.15) is 5.56 Å². The van der Waals surface area contributed by atoms with Crippen molar-refractivity contribution in [3.05, 3.63) is 66.4 Å². The fourth-order valence-electron chi connectivity index (χ4n) is 3.18. The largest absolute Gasteiger partial charge is 0.497 e. The number of anilines is 2. The van der Waals surface area contributed by atoms with E-state index < -0.39 is 0 Å². The van der Waals surface area contributed by atoms with E-state index in [4.69, 9.17) is 9.47 Å². The van der Waals surface area contributed by atoms with E-state index in [1.54, 1.807) is 13.3 Å². The van der Waals surface area contributed by atoms with Crippen molar-refractivity contribution >= 4 is 11.8 Å². The lowest BCUT2D eigenvalue weighted by molar-refractivity contribution is 0.122. The first kappa shape index (κ1) is 18.3. The van der Waals surface area contributed by atoms with Crippen molar-refractivity contribution in [1.29, 1.82) is 0 Å². The Morgan fingerprint density at radius 1 is 0.964 bits per heavy atom. The van der Waals surface area contributed by atoms with Crippen LogP contribution in [0.5, 0.6) is 5.75 Å². The number of nitrogens with one attached hydrogen (secondary N) is 1. The minimum Gasteiger partial charge on any atom is -0.497 e. The molecule has 4 rings (SSSR count). The zero-order chi connectivity index (χ0) is 19.2. The third-order valence-corrected chi connectivity index (χ3v) is 4.80. The fraction of sp³-hybridized carbons (Fsp3) is 0.273. The summed E-state index contributed by atoms with van der Waals surface area (Å²) in [7, 11) is 1.68. The summed E-state index contributed by atoms with van der Waals surface area (Å²) >= 11 is 0. The molecule has 0 atom stereocenters. The Labute approximate surface area is 165 Å². The van der Waals surface area contributed by atoms with Crippen LogP contribution in [0.25, 0.3) is 11.1 Å². The topological polar surface area (TPSA) is 59.5 Å². The summed E-state index contributed by atoms with van der Waals surface area (Å²) in [6, 6.07) is 18.5. The van der Waals surface area contributed by atoms with Gasteiger partial charge in [0.2, 0.25) is 5.95 Å². The molecule has 6 heteroatoms. The molecule has 0 bridgehead atoms. The second kappa shape index (κ2) is 8.71. The Hall–Kier alpha value is -3.12. The lowest BCUT2D eigenvalue weighted by atomic mass is 10.0. The van der Waals surface area contributed by atoms with Crippen molar-refractivity contribution in [2.45, 2.75) is 6.54 Å². The van der Waals surface area contributed by atoms with Gasteiger partial charge in [-0.3, -0.25) is 0 Å². The van der Waals surface area contributed by atoms with Crippen LogP contribution in [0, 0.1) is 0 Å². The van der Waals surface area contributed by atoms with Crippen LogP contribution >= 0.6 is 0 Å². The van der Waals surface area contributed by atoms with Crippen LogP contribution in [0.4, 0.5) is 11.8 Å². The summed E-state index contributed by atoms with van der Waals surface area (Å²) in [5.74, 6) is 2.45. The molecule has 1 aliphatic rings. The predicted molar refractivity (Wildman–Crippen MR) is 111 cm³/mol. The highest BCUT2D eigenvalue weighted by molar-refractivity contribution is 5.64. The molecule has 144 valence electrons. The van der Waals surface area contributed by atoms with Gasteiger partial charge in [-0.15, -0.1) is 0 Å². The molecule has 0 saturated carbocycles. The number of rotatable bonds is 6. The maximum absolute atomic E-state index is 5.40. The third kappa shape index (κ3) is 4.40. The minimum absolute atomic E-state index is 0.642. The van der Waals surface area contributed by atoms with Gasteiger partial charge in [0.15, 0.2) is 0 Å². The van der Waals surface area contributed by atoms with Gasteiger partial charge in [-0.05, 0) is 34.9 Å². The van der Waals surface area contributed by atoms with Crippen LogP contribution in [0.3, 0.4) is 0 Å². The molecule has 1 fully saturated rings. The Bertz CT molecular complexity index is 891. The van der Waals surface area contributed by atoms with Crippen LogP contribution in [0.2, 0.25) is 0 Å². The van der Waals surface area contributed by atoms with Gasteiger partial charge < -0.3 is 19.7 Å². The van der Waals surface area contributed by atoms with E-state index in [2.05, 4.69) is 56.6 Å². The number of morpholine rings is 1. The summed E-state index contributed by atoms with van der Waals surface area (Å²) in [4.78, 5) is 11.2. The average Bonchev–Trinajstić information content (AvgIpc) is 2.79. The fourth-order valence-corrected chi connectivity index (χ4v) is 3.18. The highest BCUT2D eigenvalue weighted by Crippen LogP contribution is 2.23. The average molecular weight is 376 g/mol. The standard InChI is InChI=1S/C22H24N4O2/c1-27-20-8-6-19(7-9-20)18-4-2-17(3-5-18)16-24-22-23-11-10-21(25-22)26-12-14-28-15-13-26/h2-11H,12-16H2,1H3,(H,23,24,25). The van der Waals surface area contributed by atoms with E-state index in [0.29, 0.717) is 12.5 Å². The number of hydrogen-bond donors (Lipinski definition) is 1. The number of nitrogens with zero attached hydrogens (tertiary/aromatic N) is 3. The van der Waals surface area contributed by atoms with Crippen LogP contribution < -0.4 is 15.0 Å². The van der Waals surface area contributed by atoms with Crippen molar-refractivity contribution < 1.29 is 9.47 Å². The van der Waals surface area contributed by atoms with E-state index in [9.17, 15) is 0 Å². The lowest BCUT2D eigenvalue weighted by Gasteiger charge is -2.27. The van der Waals surface area contributed by atoms with Gasteiger partial charge in [-0.1, -0.05) is 36.4 Å². The predicted octanol–water partition coefficient (Wildman–Crippen LogP) is 3.60. The maximum Gasteiger partial charge on any atom is 0.224 e. The minimum atomic E-state index is 0.642. The SMILES string of the molecule is COc1ccc(-c2ccc(CNc3nccc(N4CCOCC4)n3)cc2)cc1. The Morgan fingerprint density at radius 2 is 1.64 bits per heavy atom. The molecule has 0 aliphatic carbocycles. The van der Waals surface area contributed by atoms with Gasteiger partial charge in [0.05, 0.1) is 20.3 Å². The Kier molecular flexibility index (Phi) is 5.68. The first-order valence-electron chi connectivity index (χ1n) is 9.45. The van der Waals surface area contributed by atoms with Gasteiger partial charge >= 0.3 is 0 Å². The first-order chi connectivity index (χ1) is 13.8. The van der Waals surface area contributed by atoms with Crippen molar-refractivity contribution in [2.24, 2.45) is 0 Å². The highest BCUT2D eigenvalue weighted by atomic mass is 16.5. The smallest absolute Gasteiger partial charge is 0.224 e. The maximum atomic E-state index is 5.40. The van der Waals surface area contributed by atoms with Gasteiger partial charge in [-0.25, -0.2) is 4.98 Å². The van der Waals surface area contributed by atoms with Crippen LogP contribution in [-0.4, -0.2) is 43.4 Å². The van der Waals surface area contributed by atoms with Gasteiger partial charge in [0.25, 0.3) is 0 Å². The molecular formula is C22H24N4O2. The summed E-state index contributed by atoms with van der Waals surface area (Å²) in [5.41, 5.74) is 3.52. The molecule has 0 unspecified atom stereocenters. The summed E-state index contributed by atoms with van der Waals surface area (Å²) in [5, 5.41) is 3.32. The third-order valence-electron chi connectivity index (χ3n) is 4.80. The molecule has 1 aliphatic heterocycles. The first-order valence-corrected chi connectivity index (χ1v) is 9.45. The van der Waals surface area contributed by atoms with E-state index in [0.717, 1.165) is 37.9 Å². The Balaban J connectivity index is 1.38. The molecule has 28 heavy (non-hydrogen) atoms. The van der Waals surface area contributed by atoms with E-state index in [1.807, 2.05) is 18.2 Å². The zero-order valence-corrected chi connectivity index (χ0v) is 16.0. The molecule has 0 amide bonds. The van der Waals surface area contributed by atoms with E-state index >= 15 is 0 Å². The van der Waals surface area contributed by atoms with Crippen LogP contribution in [0.15, 0.2) is 60.8 Å². The molecule has 1 aromatic heterocycles. The number of ether oxygens (including phenoxy) is 2. The second-order valence-electron chi connectivity index (χ2n) is 6.62. The van der Waals surface area contributed by atoms with E-state index in [-0.39, 0.29) is 0 Å². The molecule has 2 aromatic carbocycles. The van der Waals surface area contributed by atoms with Crippen molar-refractivity contribution in [3.8, 4) is 16.9 Å². The van der Waals surface area contributed by atoms with Crippen LogP contribution in [-0.2, 0) is 11.3 Å². The quantitative estimate of drug-likeness (QED) is 0.709. The molecule has 1 N–H and O–H groups in total. The molecule has 3 aromatic rings. The van der Waals surface area contributed by atoms with Gasteiger partial charge in [-0.2, -0.15) is 4.98 Å². The highest BCUT2D eigenvalue weighted by Gasteiger charge is 2.12. The lowest BCUT2D eigenvalue weighted by Crippen LogP contribution is -2.36. The summed E-state index contributed by atoms with van der Waals surface area (Å²) < 4.78 is 10.6. The number of benzene rings is 2. The molecule has 2 heterocycles. The van der Waals surface area contributed by atoms with Crippen molar-refractivity contribution in [2.75, 3.05) is 43.6 Å². The zero-order valence-electron chi connectivity index (χ0n) is 16.0. The Morgan fingerprint density at radius 3 is 2.32 bits per heavy atom. The van der Waals surface area contributed by atoms with Gasteiger partial charge in [0.1, 0.15) is 11.6 Å². The monoisotopic (exact) mass is 376 g/mol. The molecular weight excluding hydrogens is 352 g/mol. The number of hydrogen-bond acceptors (Lipinski definition) is 6. The summed E-state index contributed by atoms with van der Waals surface area (Å²) in [6.07, 6.45) is 1.80. The molecule has 0 radical (unpaired) electrons. The number of methoxy groups -OCH3 is 1. The van der Waals surface area contributed by atoms with Crippen molar-refractivity contribution in [3.63, 3.8) is 0 Å². The second-order valence-corrected chi connectivity index (χ2v) is 6.62. The summed E-state index contributed by atoms with van der Waals surface area (Å²) in [6.45, 7) is 3.89. The molecule has 6 nitrogen and oxygen atoms in total. The molecule has 0 spiro atoms. The van der Waals surface area contributed by atoms with Gasteiger partial charge in [0, 0.05) is 25.8 Å².